The molecule has 0 unspecified atom stereocenters. The van der Waals surface area contributed by atoms with E-state index in [1.807, 2.05) is 0 Å². The highest BCUT2D eigenvalue weighted by atomic mass is 32.1. The molecular weight excluding hydrogens is 413 g/mol. The largest absolute Gasteiger partial charge is 0.494 e. The molecule has 2 aliphatic rings. The van der Waals surface area contributed by atoms with Crippen molar-refractivity contribution in [2.75, 3.05) is 0 Å². The van der Waals surface area contributed by atoms with Crippen LogP contribution in [0.4, 0.5) is 0 Å². The number of para-hydroxylation sites is 1. The Balaban J connectivity index is 1.73. The molecule has 32 heavy (non-hydrogen) atoms. The Morgan fingerprint density at radius 1 is 0.906 bits per heavy atom. The predicted molar refractivity (Wildman–Crippen MR) is 135 cm³/mol. The SMILES string of the molecule is [2H]c1c([2H])c2c(c([2H])c1B1OC(C)(C)C(C)(C)O1)C([2H])([2H])c1c([2H])c([2H])c([2H])c3c4sc5c([2H])c([2H])c([2H])c([2H])c5c4n-2c13. The van der Waals surface area contributed by atoms with Gasteiger partial charge >= 0.3 is 7.12 Å². The van der Waals surface area contributed by atoms with Crippen LogP contribution in [0, 0.1) is 0 Å². The summed E-state index contributed by atoms with van der Waals surface area (Å²) in [5.74, 6) is 0. The summed E-state index contributed by atoms with van der Waals surface area (Å²) in [6.45, 7) is 7.14. The number of nitrogens with zero attached hydrogens (tertiary/aromatic N) is 1. The van der Waals surface area contributed by atoms with E-state index < -0.39 is 73.0 Å². The molecule has 2 aromatic heterocycles. The summed E-state index contributed by atoms with van der Waals surface area (Å²) in [6, 6.07) is -4.60. The van der Waals surface area contributed by atoms with Gasteiger partial charge in [-0.25, -0.2) is 0 Å². The van der Waals surface area contributed by atoms with Crippen molar-refractivity contribution >= 4 is 55.1 Å². The molecule has 0 aliphatic carbocycles. The second-order valence-electron chi connectivity index (χ2n) is 9.02. The summed E-state index contributed by atoms with van der Waals surface area (Å²) >= 11 is 0.955. The van der Waals surface area contributed by atoms with Crippen molar-refractivity contribution in [3.63, 3.8) is 0 Å². The van der Waals surface area contributed by atoms with Crippen LogP contribution in [0.25, 0.3) is 36.9 Å². The van der Waals surface area contributed by atoms with Gasteiger partial charge in [0.25, 0.3) is 0 Å². The number of thiophene rings is 1. The molecular formula is C27H24BNO2S. The zero-order valence-corrected chi connectivity index (χ0v) is 18.6. The summed E-state index contributed by atoms with van der Waals surface area (Å²) in [7, 11) is -1.27. The Morgan fingerprint density at radius 2 is 1.66 bits per heavy atom. The van der Waals surface area contributed by atoms with Gasteiger partial charge in [-0.05, 0) is 56.4 Å². The van der Waals surface area contributed by atoms with Gasteiger partial charge in [0.1, 0.15) is 0 Å². The fourth-order valence-electron chi connectivity index (χ4n) is 4.28. The van der Waals surface area contributed by atoms with Gasteiger partial charge in [-0.3, -0.25) is 0 Å². The molecule has 1 saturated heterocycles. The van der Waals surface area contributed by atoms with E-state index in [-0.39, 0.29) is 65.6 Å². The van der Waals surface area contributed by atoms with E-state index in [1.54, 1.807) is 27.7 Å². The summed E-state index contributed by atoms with van der Waals surface area (Å²) in [4.78, 5) is 0. The highest BCUT2D eigenvalue weighted by Gasteiger charge is 2.51. The zero-order chi connectivity index (χ0) is 32.3. The van der Waals surface area contributed by atoms with Crippen molar-refractivity contribution < 1.29 is 25.8 Å². The van der Waals surface area contributed by atoms with Crippen LogP contribution in [0.15, 0.2) is 60.4 Å². The highest BCUT2D eigenvalue weighted by molar-refractivity contribution is 7.26. The van der Waals surface area contributed by atoms with Gasteiger partial charge in [0.2, 0.25) is 0 Å². The van der Waals surface area contributed by atoms with Crippen LogP contribution in [0.2, 0.25) is 0 Å². The lowest BCUT2D eigenvalue weighted by molar-refractivity contribution is 0.00578. The standard InChI is InChI=1S/C27H24BNO2S/c1-26(2)27(3,4)31-28(30-26)18-12-13-21-17(15-18)14-16-8-7-10-20-23(16)29(21)24-19-9-5-6-11-22(19)32-25(20)24/h5-13,15H,14H2,1-4H3/i5D,6D,7D,8D,9D,10D,11D,12D,13D,14D2,15D. The summed E-state index contributed by atoms with van der Waals surface area (Å²) in [5, 5.41) is 0.132. The Kier molecular flexibility index (Phi) is 1.99. The van der Waals surface area contributed by atoms with Crippen molar-refractivity contribution in [1.29, 1.82) is 0 Å². The van der Waals surface area contributed by atoms with Gasteiger partial charge in [-0.1, -0.05) is 48.3 Å². The first-order chi connectivity index (χ1) is 20.3. The van der Waals surface area contributed by atoms with Crippen molar-refractivity contribution in [3.05, 3.63) is 71.6 Å². The number of aromatic nitrogens is 1. The summed E-state index contributed by atoms with van der Waals surface area (Å²) in [6.07, 6.45) is -2.64. The summed E-state index contributed by atoms with van der Waals surface area (Å²) < 4.78 is 120. The Labute approximate surface area is 208 Å². The highest BCUT2D eigenvalue weighted by Crippen LogP contribution is 2.45. The lowest BCUT2D eigenvalue weighted by Crippen LogP contribution is -2.41. The van der Waals surface area contributed by atoms with Crippen LogP contribution in [0.1, 0.15) is 55.3 Å². The van der Waals surface area contributed by atoms with E-state index in [2.05, 4.69) is 0 Å². The van der Waals surface area contributed by atoms with E-state index in [9.17, 15) is 5.48 Å². The minimum atomic E-state index is -2.64. The average Bonchev–Trinajstić information content (AvgIpc) is 3.52. The minimum absolute atomic E-state index is 0.000237. The molecule has 0 saturated carbocycles. The third-order valence-corrected chi connectivity index (χ3v) is 7.72. The smallest absolute Gasteiger partial charge is 0.399 e. The number of rotatable bonds is 1. The lowest BCUT2D eigenvalue weighted by atomic mass is 9.77. The normalized spacial score (nSPS) is 25.6. The Morgan fingerprint density at radius 3 is 2.47 bits per heavy atom. The van der Waals surface area contributed by atoms with Crippen LogP contribution >= 0.6 is 11.3 Å². The van der Waals surface area contributed by atoms with Crippen molar-refractivity contribution in [3.8, 4) is 5.69 Å². The first kappa shape index (κ1) is 10.6. The molecule has 4 heterocycles. The van der Waals surface area contributed by atoms with E-state index >= 15 is 0 Å². The van der Waals surface area contributed by atoms with Gasteiger partial charge < -0.3 is 13.9 Å². The maximum atomic E-state index is 9.32. The van der Waals surface area contributed by atoms with E-state index in [1.165, 1.54) is 4.57 Å². The zero-order valence-electron chi connectivity index (χ0n) is 29.7. The van der Waals surface area contributed by atoms with Crippen LogP contribution in [0.3, 0.4) is 0 Å². The maximum absolute atomic E-state index is 9.32. The predicted octanol–water partition coefficient (Wildman–Crippen LogP) is 6.20. The first-order valence-electron chi connectivity index (χ1n) is 16.2. The van der Waals surface area contributed by atoms with Crippen LogP contribution in [-0.2, 0) is 15.7 Å². The minimum Gasteiger partial charge on any atom is -0.399 e. The molecule has 0 amide bonds. The number of fused-ring (bicyclic) bond motifs is 7. The van der Waals surface area contributed by atoms with E-state index in [4.69, 9.17) is 20.3 Å². The fourth-order valence-corrected chi connectivity index (χ4v) is 5.38. The molecule has 0 N–H and O–H groups in total. The van der Waals surface area contributed by atoms with E-state index in [0.29, 0.717) is 0 Å². The topological polar surface area (TPSA) is 23.4 Å². The second kappa shape index (κ2) is 6.05. The molecule has 0 radical (unpaired) electrons. The molecule has 158 valence electrons. The molecule has 3 aromatic carbocycles. The number of hydrogen-bond donors (Lipinski definition) is 0. The third-order valence-electron chi connectivity index (χ3n) is 6.61. The molecule has 2 aliphatic heterocycles. The Bertz CT molecular complexity index is 2170. The monoisotopic (exact) mass is 449 g/mol. The van der Waals surface area contributed by atoms with Crippen LogP contribution in [-0.4, -0.2) is 22.9 Å². The second-order valence-corrected chi connectivity index (χ2v) is 10.0. The van der Waals surface area contributed by atoms with Crippen LogP contribution in [0.5, 0.6) is 0 Å². The fraction of sp³-hybridized carbons (Fsp3) is 0.259. The quantitative estimate of drug-likeness (QED) is 0.285. The summed E-state index contributed by atoms with van der Waals surface area (Å²) in [5.41, 5.74) is -2.62. The first-order valence-corrected chi connectivity index (χ1v) is 11.1. The average molecular weight is 449 g/mol. The maximum Gasteiger partial charge on any atom is 0.494 e. The number of benzene rings is 3. The molecule has 1 fully saturated rings. The molecule has 5 heteroatoms. The van der Waals surface area contributed by atoms with Gasteiger partial charge in [-0.2, -0.15) is 0 Å². The molecule has 0 spiro atoms. The number of hydrogen-bond acceptors (Lipinski definition) is 3. The molecule has 0 bridgehead atoms. The van der Waals surface area contributed by atoms with Gasteiger partial charge in [-0.15, -0.1) is 11.3 Å². The molecule has 7 rings (SSSR count). The van der Waals surface area contributed by atoms with Crippen molar-refractivity contribution in [2.45, 2.75) is 45.3 Å². The van der Waals surface area contributed by atoms with Crippen LogP contribution < -0.4 is 5.46 Å². The molecule has 0 atom stereocenters. The van der Waals surface area contributed by atoms with E-state index in [0.717, 1.165) is 11.3 Å². The van der Waals surface area contributed by atoms with Gasteiger partial charge in [0.05, 0.1) is 40.6 Å². The lowest BCUT2D eigenvalue weighted by Gasteiger charge is -2.32. The van der Waals surface area contributed by atoms with Crippen molar-refractivity contribution in [2.24, 2.45) is 0 Å². The molecule has 5 aromatic rings. The third kappa shape index (κ3) is 2.34. The van der Waals surface area contributed by atoms with Crippen molar-refractivity contribution in [1.82, 2.24) is 4.57 Å². The van der Waals surface area contributed by atoms with Gasteiger partial charge in [0.15, 0.2) is 0 Å². The Hall–Kier alpha value is -2.60. The van der Waals surface area contributed by atoms with Gasteiger partial charge in [0, 0.05) is 30.3 Å². The molecule has 3 nitrogen and oxygen atoms in total.